The molecule has 1 atom stereocenters. The van der Waals surface area contributed by atoms with Crippen LogP contribution in [0.5, 0.6) is 0 Å². The standard InChI is InChI=1S/C25H24N2O3S/c1-5-30-24(29)21-17(4)26-25-27(22(21)18-12-10-15(2)11-13-18)23(28)20(31-25)14-19-9-7-6-8-16(19)3/h6-14,22H,5H2,1-4H3/b20-14+/t22-/m1/s1. The first-order chi connectivity index (χ1) is 14.9. The summed E-state index contributed by atoms with van der Waals surface area (Å²) < 4.78 is 7.53. The Kier molecular flexibility index (Phi) is 5.74. The van der Waals surface area contributed by atoms with E-state index in [2.05, 4.69) is 4.99 Å². The van der Waals surface area contributed by atoms with Gasteiger partial charge >= 0.3 is 5.97 Å². The molecule has 0 saturated carbocycles. The molecule has 2 aromatic carbocycles. The molecule has 1 aliphatic heterocycles. The fourth-order valence-electron chi connectivity index (χ4n) is 3.75. The molecule has 0 saturated heterocycles. The summed E-state index contributed by atoms with van der Waals surface area (Å²) in [6.45, 7) is 7.84. The van der Waals surface area contributed by atoms with E-state index in [1.54, 1.807) is 18.4 Å². The Balaban J connectivity index is 1.97. The van der Waals surface area contributed by atoms with Crippen molar-refractivity contribution in [2.45, 2.75) is 33.7 Å². The molecule has 0 amide bonds. The molecule has 0 unspecified atom stereocenters. The molecular weight excluding hydrogens is 408 g/mol. The van der Waals surface area contributed by atoms with E-state index in [4.69, 9.17) is 4.74 Å². The predicted octanol–water partition coefficient (Wildman–Crippen LogP) is 3.42. The van der Waals surface area contributed by atoms with Crippen molar-refractivity contribution >= 4 is 23.4 Å². The minimum atomic E-state index is -0.574. The second kappa shape index (κ2) is 8.47. The second-order valence-electron chi connectivity index (χ2n) is 7.57. The van der Waals surface area contributed by atoms with Crippen LogP contribution in [-0.2, 0) is 9.53 Å². The highest BCUT2D eigenvalue weighted by molar-refractivity contribution is 7.07. The normalized spacial score (nSPS) is 16.1. The lowest BCUT2D eigenvalue weighted by Crippen LogP contribution is -2.39. The molecule has 4 rings (SSSR count). The molecule has 0 N–H and O–H groups in total. The zero-order valence-electron chi connectivity index (χ0n) is 18.0. The molecule has 158 valence electrons. The van der Waals surface area contributed by atoms with Crippen molar-refractivity contribution in [2.75, 3.05) is 6.61 Å². The highest BCUT2D eigenvalue weighted by Crippen LogP contribution is 2.30. The lowest BCUT2D eigenvalue weighted by molar-refractivity contribution is -0.139. The molecule has 5 nitrogen and oxygen atoms in total. The maximum Gasteiger partial charge on any atom is 0.338 e. The number of carbonyl (C=O) groups excluding carboxylic acids is 1. The highest BCUT2D eigenvalue weighted by atomic mass is 32.1. The molecule has 0 spiro atoms. The summed E-state index contributed by atoms with van der Waals surface area (Å²) in [5.41, 5.74) is 4.86. The Morgan fingerprint density at radius 2 is 1.84 bits per heavy atom. The summed E-state index contributed by atoms with van der Waals surface area (Å²) in [5.74, 6) is -0.442. The number of esters is 1. The van der Waals surface area contributed by atoms with Crippen LogP contribution in [0, 0.1) is 13.8 Å². The van der Waals surface area contributed by atoms with Gasteiger partial charge in [-0.25, -0.2) is 9.79 Å². The summed E-state index contributed by atoms with van der Waals surface area (Å²) >= 11 is 1.34. The van der Waals surface area contributed by atoms with Crippen LogP contribution in [-0.4, -0.2) is 17.1 Å². The smallest absolute Gasteiger partial charge is 0.338 e. The fourth-order valence-corrected chi connectivity index (χ4v) is 4.78. The first-order valence-electron chi connectivity index (χ1n) is 10.2. The number of rotatable bonds is 4. The van der Waals surface area contributed by atoms with Gasteiger partial charge in [0.05, 0.1) is 28.5 Å². The third kappa shape index (κ3) is 3.91. The molecule has 3 aromatic rings. The van der Waals surface area contributed by atoms with Crippen molar-refractivity contribution in [3.8, 4) is 0 Å². The summed E-state index contributed by atoms with van der Waals surface area (Å²) in [6.07, 6.45) is 1.90. The number of aryl methyl sites for hydroxylation is 2. The number of fused-ring (bicyclic) bond motifs is 1. The van der Waals surface area contributed by atoms with E-state index in [9.17, 15) is 9.59 Å². The van der Waals surface area contributed by atoms with E-state index in [1.165, 1.54) is 11.3 Å². The summed E-state index contributed by atoms with van der Waals surface area (Å²) in [7, 11) is 0. The molecule has 31 heavy (non-hydrogen) atoms. The number of benzene rings is 2. The second-order valence-corrected chi connectivity index (χ2v) is 8.58. The van der Waals surface area contributed by atoms with Crippen LogP contribution in [0.2, 0.25) is 0 Å². The number of allylic oxidation sites excluding steroid dienone is 1. The van der Waals surface area contributed by atoms with Crippen molar-refractivity contribution in [1.29, 1.82) is 0 Å². The van der Waals surface area contributed by atoms with E-state index in [0.29, 0.717) is 20.6 Å². The average Bonchev–Trinajstić information content (AvgIpc) is 3.04. The van der Waals surface area contributed by atoms with Gasteiger partial charge in [0.15, 0.2) is 4.80 Å². The number of ether oxygens (including phenoxy) is 1. The van der Waals surface area contributed by atoms with Crippen molar-refractivity contribution in [3.63, 3.8) is 0 Å². The monoisotopic (exact) mass is 432 g/mol. The highest BCUT2D eigenvalue weighted by Gasteiger charge is 2.33. The van der Waals surface area contributed by atoms with Gasteiger partial charge in [-0.2, -0.15) is 0 Å². The van der Waals surface area contributed by atoms with Gasteiger partial charge in [-0.15, -0.1) is 0 Å². The van der Waals surface area contributed by atoms with Gasteiger partial charge in [0.1, 0.15) is 0 Å². The van der Waals surface area contributed by atoms with Crippen molar-refractivity contribution < 1.29 is 9.53 Å². The number of carbonyl (C=O) groups is 1. The lowest BCUT2D eigenvalue weighted by atomic mass is 9.95. The molecule has 0 bridgehead atoms. The summed E-state index contributed by atoms with van der Waals surface area (Å²) in [6, 6.07) is 15.2. The van der Waals surface area contributed by atoms with Crippen LogP contribution in [0.25, 0.3) is 6.08 Å². The van der Waals surface area contributed by atoms with E-state index >= 15 is 0 Å². The lowest BCUT2D eigenvalue weighted by Gasteiger charge is -2.24. The van der Waals surface area contributed by atoms with E-state index in [-0.39, 0.29) is 12.2 Å². The molecule has 6 heteroatoms. The molecular formula is C25H24N2O3S. The Morgan fingerprint density at radius 3 is 2.52 bits per heavy atom. The number of thiazole rings is 1. The predicted molar refractivity (Wildman–Crippen MR) is 123 cm³/mol. The van der Waals surface area contributed by atoms with Gasteiger partial charge in [0.2, 0.25) is 0 Å². The van der Waals surface area contributed by atoms with Crippen LogP contribution in [0.3, 0.4) is 0 Å². The van der Waals surface area contributed by atoms with Gasteiger partial charge < -0.3 is 4.74 Å². The molecule has 1 aliphatic rings. The number of aromatic nitrogens is 1. The molecule has 0 aliphatic carbocycles. The average molecular weight is 433 g/mol. The maximum absolute atomic E-state index is 13.5. The van der Waals surface area contributed by atoms with Crippen molar-refractivity contribution in [3.05, 3.63) is 102 Å². The van der Waals surface area contributed by atoms with Gasteiger partial charge in [0.25, 0.3) is 5.56 Å². The van der Waals surface area contributed by atoms with Gasteiger partial charge in [-0.3, -0.25) is 9.36 Å². The molecule has 0 fully saturated rings. The number of hydrogen-bond acceptors (Lipinski definition) is 5. The maximum atomic E-state index is 13.5. The van der Waals surface area contributed by atoms with Crippen LogP contribution in [0.4, 0.5) is 0 Å². The van der Waals surface area contributed by atoms with Crippen LogP contribution in [0.15, 0.2) is 69.6 Å². The van der Waals surface area contributed by atoms with Gasteiger partial charge in [0, 0.05) is 0 Å². The van der Waals surface area contributed by atoms with Crippen molar-refractivity contribution in [1.82, 2.24) is 4.57 Å². The van der Waals surface area contributed by atoms with Gasteiger partial charge in [-0.05, 0) is 50.5 Å². The fraction of sp³-hybridized carbons (Fsp3) is 0.240. The Labute approximate surface area is 184 Å². The molecule has 1 aromatic heterocycles. The minimum Gasteiger partial charge on any atom is -0.463 e. The number of hydrogen-bond donors (Lipinski definition) is 0. The Bertz CT molecular complexity index is 1360. The Hall–Kier alpha value is -3.25. The summed E-state index contributed by atoms with van der Waals surface area (Å²) in [4.78, 5) is 31.6. The quantitative estimate of drug-likeness (QED) is 0.594. The van der Waals surface area contributed by atoms with Crippen LogP contribution in [0.1, 0.15) is 42.1 Å². The minimum absolute atomic E-state index is 0.160. The Morgan fingerprint density at radius 1 is 1.13 bits per heavy atom. The third-order valence-corrected chi connectivity index (χ3v) is 6.37. The topological polar surface area (TPSA) is 60.7 Å². The molecule has 0 radical (unpaired) electrons. The van der Waals surface area contributed by atoms with Crippen molar-refractivity contribution in [2.24, 2.45) is 4.99 Å². The van der Waals surface area contributed by atoms with E-state index < -0.39 is 12.0 Å². The largest absolute Gasteiger partial charge is 0.463 e. The number of nitrogens with zero attached hydrogens (tertiary/aromatic N) is 2. The first kappa shape index (κ1) is 21.0. The van der Waals surface area contributed by atoms with Crippen LogP contribution < -0.4 is 14.9 Å². The zero-order valence-corrected chi connectivity index (χ0v) is 18.8. The van der Waals surface area contributed by atoms with Gasteiger partial charge in [-0.1, -0.05) is 65.4 Å². The first-order valence-corrected chi connectivity index (χ1v) is 11.0. The van der Waals surface area contributed by atoms with E-state index in [1.807, 2.05) is 68.5 Å². The zero-order chi connectivity index (χ0) is 22.1. The summed E-state index contributed by atoms with van der Waals surface area (Å²) in [5, 5.41) is 0. The molecule has 2 heterocycles. The third-order valence-electron chi connectivity index (χ3n) is 5.39. The van der Waals surface area contributed by atoms with E-state index in [0.717, 1.165) is 22.3 Å². The van der Waals surface area contributed by atoms with Crippen LogP contribution >= 0.6 is 11.3 Å². The SMILES string of the molecule is CCOC(=O)C1=C(C)N=c2s/c(=C/c3ccccc3C)c(=O)n2[C@@H]1c1ccc(C)cc1.